The number of hydrogen-bond acceptors (Lipinski definition) is 5. The first-order valence-corrected chi connectivity index (χ1v) is 9.14. The quantitative estimate of drug-likeness (QED) is 0.621. The third kappa shape index (κ3) is 3.82. The lowest BCUT2D eigenvalue weighted by Crippen LogP contribution is -2.42. The van der Waals surface area contributed by atoms with Crippen LogP contribution in [0.5, 0.6) is 5.75 Å². The van der Waals surface area contributed by atoms with Gasteiger partial charge in [0.15, 0.2) is 0 Å². The van der Waals surface area contributed by atoms with Crippen molar-refractivity contribution in [1.29, 1.82) is 0 Å². The fourth-order valence-electron chi connectivity index (χ4n) is 3.29. The van der Waals surface area contributed by atoms with Crippen molar-refractivity contribution in [1.82, 2.24) is 10.2 Å². The second kappa shape index (κ2) is 7.86. The van der Waals surface area contributed by atoms with Crippen LogP contribution in [0.1, 0.15) is 28.4 Å². The normalized spacial score (nSPS) is 18.2. The molecule has 9 nitrogen and oxygen atoms in total. The fraction of sp³-hybridized carbons (Fsp3) is 0.238. The van der Waals surface area contributed by atoms with E-state index in [9.17, 15) is 19.2 Å². The number of carbonyl (C=O) groups is 4. The molecule has 1 unspecified atom stereocenters. The van der Waals surface area contributed by atoms with Crippen LogP contribution < -0.4 is 21.1 Å². The number of primary amides is 1. The first kappa shape index (κ1) is 20.8. The molecule has 1 aliphatic rings. The Morgan fingerprint density at radius 3 is 2.40 bits per heavy atom. The number of amides is 5. The maximum Gasteiger partial charge on any atom is 0.325 e. The summed E-state index contributed by atoms with van der Waals surface area (Å²) in [6.45, 7) is 2.98. The van der Waals surface area contributed by atoms with Gasteiger partial charge < -0.3 is 21.1 Å². The highest BCUT2D eigenvalue weighted by molar-refractivity contribution is 6.10. The number of methoxy groups -OCH3 is 1. The highest BCUT2D eigenvalue weighted by Crippen LogP contribution is 2.31. The van der Waals surface area contributed by atoms with E-state index in [1.165, 1.54) is 24.3 Å². The van der Waals surface area contributed by atoms with Crippen LogP contribution in [0, 0.1) is 6.92 Å². The number of hydrogen-bond donors (Lipinski definition) is 3. The molecule has 0 saturated carbocycles. The minimum absolute atomic E-state index is 0.299. The Kier molecular flexibility index (Phi) is 5.46. The van der Waals surface area contributed by atoms with Gasteiger partial charge in [-0.2, -0.15) is 0 Å². The van der Waals surface area contributed by atoms with Crippen LogP contribution in [-0.4, -0.2) is 42.3 Å². The summed E-state index contributed by atoms with van der Waals surface area (Å²) in [5.74, 6) is -1.00. The Morgan fingerprint density at radius 2 is 1.83 bits per heavy atom. The fourth-order valence-corrected chi connectivity index (χ4v) is 3.29. The molecule has 1 saturated heterocycles. The number of nitrogens with two attached hydrogens (primary N) is 1. The lowest BCUT2D eigenvalue weighted by atomic mass is 9.90. The Balaban J connectivity index is 1.73. The maximum absolute atomic E-state index is 13.0. The summed E-state index contributed by atoms with van der Waals surface area (Å²) in [6, 6.07) is 10.5. The van der Waals surface area contributed by atoms with Gasteiger partial charge in [-0.1, -0.05) is 6.07 Å². The molecular formula is C21H22N4O5. The maximum atomic E-state index is 13.0. The predicted molar refractivity (Wildman–Crippen MR) is 109 cm³/mol. The number of aryl methyl sites for hydroxylation is 1. The highest BCUT2D eigenvalue weighted by Gasteiger charge is 2.49. The number of urea groups is 1. The summed E-state index contributed by atoms with van der Waals surface area (Å²) >= 11 is 0. The molecule has 5 amide bonds. The Hall–Kier alpha value is -3.88. The van der Waals surface area contributed by atoms with Crippen molar-refractivity contribution in [2.45, 2.75) is 19.4 Å². The van der Waals surface area contributed by atoms with Crippen molar-refractivity contribution in [3.8, 4) is 5.75 Å². The molecule has 2 aromatic rings. The third-order valence-corrected chi connectivity index (χ3v) is 5.00. The van der Waals surface area contributed by atoms with Gasteiger partial charge in [0.05, 0.1) is 7.11 Å². The lowest BCUT2D eigenvalue weighted by molar-refractivity contribution is -0.133. The molecule has 1 aliphatic heterocycles. The first-order chi connectivity index (χ1) is 14.2. The molecule has 1 atom stereocenters. The number of anilines is 1. The number of ether oxygens (including phenoxy) is 1. The second-order valence-electron chi connectivity index (χ2n) is 7.12. The molecule has 1 fully saturated rings. The largest absolute Gasteiger partial charge is 0.496 e. The molecule has 3 rings (SSSR count). The van der Waals surface area contributed by atoms with Gasteiger partial charge in [-0.15, -0.1) is 0 Å². The third-order valence-electron chi connectivity index (χ3n) is 5.00. The molecule has 0 radical (unpaired) electrons. The van der Waals surface area contributed by atoms with Crippen molar-refractivity contribution in [3.63, 3.8) is 0 Å². The molecule has 0 spiro atoms. The standard InChI is InChI=1S/C21H22N4O5/c1-12-10-14(6-9-16(12)30-3)21(2)19(28)25(20(29)24-21)11-17(26)23-15-7-4-13(5-8-15)18(22)27/h4-10H,11H2,1-3H3,(H2,22,27)(H,23,26)(H,24,29). The molecule has 2 aromatic carbocycles. The van der Waals surface area contributed by atoms with Crippen molar-refractivity contribution < 1.29 is 23.9 Å². The number of imide groups is 1. The first-order valence-electron chi connectivity index (χ1n) is 9.14. The van der Waals surface area contributed by atoms with E-state index < -0.39 is 35.8 Å². The summed E-state index contributed by atoms with van der Waals surface area (Å²) in [7, 11) is 1.55. The van der Waals surface area contributed by atoms with Gasteiger partial charge in [0.2, 0.25) is 11.8 Å². The monoisotopic (exact) mass is 410 g/mol. The summed E-state index contributed by atoms with van der Waals surface area (Å²) in [6.07, 6.45) is 0. The van der Waals surface area contributed by atoms with Gasteiger partial charge >= 0.3 is 6.03 Å². The number of nitrogens with one attached hydrogen (secondary N) is 2. The minimum Gasteiger partial charge on any atom is -0.496 e. The molecule has 30 heavy (non-hydrogen) atoms. The van der Waals surface area contributed by atoms with E-state index in [2.05, 4.69) is 10.6 Å². The van der Waals surface area contributed by atoms with Gasteiger partial charge in [0, 0.05) is 11.3 Å². The van der Waals surface area contributed by atoms with Crippen molar-refractivity contribution >= 4 is 29.4 Å². The van der Waals surface area contributed by atoms with Crippen LogP contribution >= 0.6 is 0 Å². The number of benzene rings is 2. The molecule has 9 heteroatoms. The smallest absolute Gasteiger partial charge is 0.325 e. The summed E-state index contributed by atoms with van der Waals surface area (Å²) in [5.41, 5.74) is 6.00. The second-order valence-corrected chi connectivity index (χ2v) is 7.12. The van der Waals surface area contributed by atoms with E-state index in [0.29, 0.717) is 22.6 Å². The van der Waals surface area contributed by atoms with Crippen molar-refractivity contribution in [3.05, 3.63) is 59.2 Å². The van der Waals surface area contributed by atoms with Crippen LogP contribution in [0.15, 0.2) is 42.5 Å². The molecule has 0 bridgehead atoms. The van der Waals surface area contributed by atoms with Gasteiger partial charge in [0.25, 0.3) is 5.91 Å². The zero-order chi connectivity index (χ0) is 22.1. The lowest BCUT2D eigenvalue weighted by Gasteiger charge is -2.23. The molecule has 0 aromatic heterocycles. The Labute approximate surface area is 173 Å². The topological polar surface area (TPSA) is 131 Å². The van der Waals surface area contributed by atoms with Gasteiger partial charge in [-0.3, -0.25) is 19.3 Å². The Bertz CT molecular complexity index is 1030. The van der Waals surface area contributed by atoms with Gasteiger partial charge in [-0.25, -0.2) is 4.79 Å². The molecular weight excluding hydrogens is 388 g/mol. The SMILES string of the molecule is COc1ccc(C2(C)NC(=O)N(CC(=O)Nc3ccc(C(N)=O)cc3)C2=O)cc1C. The zero-order valence-corrected chi connectivity index (χ0v) is 16.8. The van der Waals surface area contributed by atoms with Crippen molar-refractivity contribution in [2.75, 3.05) is 19.0 Å². The van der Waals surface area contributed by atoms with E-state index in [1.807, 2.05) is 6.92 Å². The van der Waals surface area contributed by atoms with Gasteiger partial charge in [-0.05, 0) is 61.4 Å². The van der Waals surface area contributed by atoms with Crippen LogP contribution in [0.3, 0.4) is 0 Å². The summed E-state index contributed by atoms with van der Waals surface area (Å²) in [5, 5.41) is 5.25. The van der Waals surface area contributed by atoms with E-state index in [4.69, 9.17) is 10.5 Å². The summed E-state index contributed by atoms with van der Waals surface area (Å²) < 4.78 is 5.23. The van der Waals surface area contributed by atoms with E-state index in [0.717, 1.165) is 10.5 Å². The van der Waals surface area contributed by atoms with Crippen LogP contribution in [-0.2, 0) is 15.1 Å². The predicted octanol–water partition coefficient (Wildman–Crippen LogP) is 1.51. The van der Waals surface area contributed by atoms with E-state index in [1.54, 1.807) is 32.2 Å². The highest BCUT2D eigenvalue weighted by atomic mass is 16.5. The molecule has 1 heterocycles. The zero-order valence-electron chi connectivity index (χ0n) is 16.8. The Morgan fingerprint density at radius 1 is 1.17 bits per heavy atom. The van der Waals surface area contributed by atoms with Crippen LogP contribution in [0.25, 0.3) is 0 Å². The minimum atomic E-state index is -1.29. The molecule has 156 valence electrons. The van der Waals surface area contributed by atoms with Crippen LogP contribution in [0.4, 0.5) is 10.5 Å². The number of carbonyl (C=O) groups excluding carboxylic acids is 4. The summed E-state index contributed by atoms with van der Waals surface area (Å²) in [4.78, 5) is 49.8. The van der Waals surface area contributed by atoms with E-state index >= 15 is 0 Å². The van der Waals surface area contributed by atoms with Crippen LogP contribution in [0.2, 0.25) is 0 Å². The molecule has 0 aliphatic carbocycles. The average Bonchev–Trinajstić information content (AvgIpc) is 2.92. The number of nitrogens with zero attached hydrogens (tertiary/aromatic N) is 1. The van der Waals surface area contributed by atoms with Gasteiger partial charge in [0.1, 0.15) is 17.8 Å². The average molecular weight is 410 g/mol. The molecule has 4 N–H and O–H groups in total. The van der Waals surface area contributed by atoms with E-state index in [-0.39, 0.29) is 0 Å². The number of rotatable bonds is 6. The van der Waals surface area contributed by atoms with Crippen molar-refractivity contribution in [2.24, 2.45) is 5.73 Å².